The van der Waals surface area contributed by atoms with Crippen LogP contribution in [0.15, 0.2) is 42.9 Å². The van der Waals surface area contributed by atoms with E-state index >= 15 is 0 Å². The number of piperidine rings is 1. The van der Waals surface area contributed by atoms with E-state index in [0.29, 0.717) is 22.7 Å². The number of pyridine rings is 3. The summed E-state index contributed by atoms with van der Waals surface area (Å²) in [6.07, 6.45) is 9.73. The lowest BCUT2D eigenvalue weighted by molar-refractivity contribution is -0.121. The van der Waals surface area contributed by atoms with Crippen LogP contribution in [0, 0.1) is 5.92 Å². The number of fused-ring (bicyclic) bond motifs is 2. The second kappa shape index (κ2) is 9.85. The van der Waals surface area contributed by atoms with E-state index in [2.05, 4.69) is 36.1 Å². The Hall–Kier alpha value is -4.34. The van der Waals surface area contributed by atoms with Gasteiger partial charge in [0.2, 0.25) is 5.91 Å². The Kier molecular flexibility index (Phi) is 6.22. The zero-order valence-corrected chi connectivity index (χ0v) is 21.9. The fourth-order valence-corrected chi connectivity index (χ4v) is 5.02. The van der Waals surface area contributed by atoms with Gasteiger partial charge < -0.3 is 14.8 Å². The molecule has 10 nitrogen and oxygen atoms in total. The standard InChI is InChI=1S/C28H31N9O/c1-4-17(2)28(38)36(3)19-14-18(15-29-16-19)20-8-9-21-23(31-20)25(35-34-21)27-32-24-22(10-11-30-26(24)33-27)37-12-6-5-7-13-37/h8-11,14-17H,4-7,12-13H2,1-3H3,(H,34,35)(H,30,32,33). The summed E-state index contributed by atoms with van der Waals surface area (Å²) in [7, 11) is 1.79. The minimum Gasteiger partial charge on any atom is -0.370 e. The van der Waals surface area contributed by atoms with Crippen LogP contribution in [0.3, 0.4) is 0 Å². The van der Waals surface area contributed by atoms with Gasteiger partial charge in [0.1, 0.15) is 11.0 Å². The zero-order chi connectivity index (χ0) is 26.2. The van der Waals surface area contributed by atoms with E-state index in [1.54, 1.807) is 24.3 Å². The molecule has 10 heteroatoms. The largest absolute Gasteiger partial charge is 0.370 e. The number of rotatable bonds is 6. The van der Waals surface area contributed by atoms with Crippen LogP contribution < -0.4 is 9.80 Å². The maximum atomic E-state index is 12.7. The van der Waals surface area contributed by atoms with E-state index in [-0.39, 0.29) is 11.8 Å². The van der Waals surface area contributed by atoms with Gasteiger partial charge in [-0.25, -0.2) is 15.0 Å². The van der Waals surface area contributed by atoms with Crippen molar-refractivity contribution in [3.8, 4) is 22.8 Å². The van der Waals surface area contributed by atoms with Gasteiger partial charge in [0.15, 0.2) is 17.2 Å². The fourth-order valence-electron chi connectivity index (χ4n) is 5.02. The first kappa shape index (κ1) is 24.0. The number of imidazole rings is 1. The first-order chi connectivity index (χ1) is 18.5. The van der Waals surface area contributed by atoms with E-state index in [1.807, 2.05) is 38.2 Å². The number of hydrogen-bond acceptors (Lipinski definition) is 7. The highest BCUT2D eigenvalue weighted by Gasteiger charge is 2.21. The van der Waals surface area contributed by atoms with Crippen molar-refractivity contribution >= 4 is 39.5 Å². The molecule has 6 heterocycles. The highest BCUT2D eigenvalue weighted by atomic mass is 16.2. The van der Waals surface area contributed by atoms with Crippen molar-refractivity contribution < 1.29 is 4.79 Å². The van der Waals surface area contributed by atoms with Crippen molar-refractivity contribution in [2.75, 3.05) is 29.9 Å². The summed E-state index contributed by atoms with van der Waals surface area (Å²) in [5, 5.41) is 7.62. The lowest BCUT2D eigenvalue weighted by atomic mass is 10.1. The molecule has 1 unspecified atom stereocenters. The van der Waals surface area contributed by atoms with Crippen molar-refractivity contribution in [1.29, 1.82) is 0 Å². The van der Waals surface area contributed by atoms with Crippen LogP contribution >= 0.6 is 0 Å². The van der Waals surface area contributed by atoms with Crippen LogP contribution in [0.4, 0.5) is 11.4 Å². The lowest BCUT2D eigenvalue weighted by Crippen LogP contribution is -2.31. The number of aromatic nitrogens is 7. The number of nitrogens with zero attached hydrogens (tertiary/aromatic N) is 7. The Morgan fingerprint density at radius 3 is 2.79 bits per heavy atom. The second-order valence-corrected chi connectivity index (χ2v) is 9.97. The fraction of sp³-hybridized carbons (Fsp3) is 0.357. The van der Waals surface area contributed by atoms with E-state index in [9.17, 15) is 4.79 Å². The first-order valence-corrected chi connectivity index (χ1v) is 13.2. The van der Waals surface area contributed by atoms with Gasteiger partial charge in [-0.3, -0.25) is 14.9 Å². The van der Waals surface area contributed by atoms with Gasteiger partial charge in [0, 0.05) is 44.0 Å². The summed E-state index contributed by atoms with van der Waals surface area (Å²) in [4.78, 5) is 38.8. The molecular formula is C28H31N9O. The predicted molar refractivity (Wildman–Crippen MR) is 149 cm³/mol. The monoisotopic (exact) mass is 509 g/mol. The lowest BCUT2D eigenvalue weighted by Gasteiger charge is -2.28. The molecule has 1 amide bonds. The van der Waals surface area contributed by atoms with Crippen LogP contribution in [0.5, 0.6) is 0 Å². The highest BCUT2D eigenvalue weighted by molar-refractivity contribution is 5.95. The molecule has 0 bridgehead atoms. The van der Waals surface area contributed by atoms with Gasteiger partial charge in [-0.15, -0.1) is 0 Å². The third-order valence-corrected chi connectivity index (χ3v) is 7.47. The van der Waals surface area contributed by atoms with Gasteiger partial charge in [0.05, 0.1) is 28.8 Å². The van der Waals surface area contributed by atoms with E-state index < -0.39 is 0 Å². The second-order valence-electron chi connectivity index (χ2n) is 9.97. The van der Waals surface area contributed by atoms with Gasteiger partial charge >= 0.3 is 0 Å². The Labute approximate surface area is 220 Å². The van der Waals surface area contributed by atoms with Gasteiger partial charge in [-0.2, -0.15) is 5.10 Å². The van der Waals surface area contributed by atoms with Crippen molar-refractivity contribution in [2.45, 2.75) is 39.5 Å². The molecule has 194 valence electrons. The molecular weight excluding hydrogens is 478 g/mol. The summed E-state index contributed by atoms with van der Waals surface area (Å²) in [6.45, 7) is 6.03. The molecule has 1 saturated heterocycles. The molecule has 5 aromatic heterocycles. The quantitative estimate of drug-likeness (QED) is 0.332. The number of amides is 1. The summed E-state index contributed by atoms with van der Waals surface area (Å²) in [5.41, 5.74) is 7.15. The molecule has 1 aliphatic rings. The normalized spacial score (nSPS) is 14.8. The SMILES string of the molecule is CCC(C)C(=O)N(C)c1cncc(-c2ccc3[nH]nc(-c4nc5nccc(N6CCCCC6)c5[nH]4)c3n2)c1. The molecule has 1 fully saturated rings. The van der Waals surface area contributed by atoms with E-state index in [4.69, 9.17) is 9.97 Å². The van der Waals surface area contributed by atoms with Crippen LogP contribution in [0.2, 0.25) is 0 Å². The molecule has 0 saturated carbocycles. The molecule has 2 N–H and O–H groups in total. The predicted octanol–water partition coefficient (Wildman–Crippen LogP) is 4.96. The average Bonchev–Trinajstić information content (AvgIpc) is 3.60. The third-order valence-electron chi connectivity index (χ3n) is 7.47. The van der Waals surface area contributed by atoms with Crippen molar-refractivity contribution in [1.82, 2.24) is 35.1 Å². The van der Waals surface area contributed by atoms with Crippen molar-refractivity contribution in [3.63, 3.8) is 0 Å². The first-order valence-electron chi connectivity index (χ1n) is 13.2. The topological polar surface area (TPSA) is 120 Å². The Balaban J connectivity index is 1.37. The highest BCUT2D eigenvalue weighted by Crippen LogP contribution is 2.32. The summed E-state index contributed by atoms with van der Waals surface area (Å²) < 4.78 is 0. The van der Waals surface area contributed by atoms with Gasteiger partial charge in [0.25, 0.3) is 0 Å². The van der Waals surface area contributed by atoms with E-state index in [1.165, 1.54) is 19.3 Å². The minimum atomic E-state index is -0.0552. The van der Waals surface area contributed by atoms with Crippen molar-refractivity contribution in [3.05, 3.63) is 42.9 Å². The number of anilines is 2. The molecule has 0 spiro atoms. The Morgan fingerprint density at radius 2 is 1.97 bits per heavy atom. The Bertz CT molecular complexity index is 1620. The number of H-pyrrole nitrogens is 2. The van der Waals surface area contributed by atoms with Crippen LogP contribution in [0.25, 0.3) is 45.0 Å². The third kappa shape index (κ3) is 4.25. The number of carbonyl (C=O) groups is 1. The Morgan fingerprint density at radius 1 is 1.13 bits per heavy atom. The molecule has 5 aromatic rings. The summed E-state index contributed by atoms with van der Waals surface area (Å²) >= 11 is 0. The van der Waals surface area contributed by atoms with Crippen LogP contribution in [-0.4, -0.2) is 61.2 Å². The van der Waals surface area contributed by atoms with Gasteiger partial charge in [-0.1, -0.05) is 13.8 Å². The molecule has 1 atom stereocenters. The number of aromatic amines is 2. The molecule has 0 aliphatic carbocycles. The molecule has 38 heavy (non-hydrogen) atoms. The van der Waals surface area contributed by atoms with Crippen molar-refractivity contribution in [2.24, 2.45) is 5.92 Å². The number of carbonyl (C=O) groups excluding carboxylic acids is 1. The zero-order valence-electron chi connectivity index (χ0n) is 21.9. The minimum absolute atomic E-state index is 0.0552. The number of nitrogens with one attached hydrogen (secondary N) is 2. The van der Waals surface area contributed by atoms with Gasteiger partial charge in [-0.05, 0) is 49.9 Å². The average molecular weight is 510 g/mol. The smallest absolute Gasteiger partial charge is 0.229 e. The van der Waals surface area contributed by atoms with Crippen LogP contribution in [-0.2, 0) is 4.79 Å². The molecule has 1 aliphatic heterocycles. The van der Waals surface area contributed by atoms with Crippen LogP contribution in [0.1, 0.15) is 39.5 Å². The summed E-state index contributed by atoms with van der Waals surface area (Å²) in [6, 6.07) is 7.87. The van der Waals surface area contributed by atoms with E-state index in [0.717, 1.165) is 53.2 Å². The summed E-state index contributed by atoms with van der Waals surface area (Å²) in [5.74, 6) is 0.633. The molecule has 0 radical (unpaired) electrons. The molecule has 0 aromatic carbocycles. The number of hydrogen-bond donors (Lipinski definition) is 2. The molecule has 6 rings (SSSR count). The maximum Gasteiger partial charge on any atom is 0.229 e. The maximum absolute atomic E-state index is 12.7.